The minimum absolute atomic E-state index is 0.0385. The second kappa shape index (κ2) is 6.61. The van der Waals surface area contributed by atoms with Gasteiger partial charge in [0.25, 0.3) is 0 Å². The summed E-state index contributed by atoms with van der Waals surface area (Å²) in [5.41, 5.74) is 0.961. The van der Waals surface area contributed by atoms with Gasteiger partial charge in [-0.3, -0.25) is 0 Å². The van der Waals surface area contributed by atoms with Crippen LogP contribution in [0.1, 0.15) is 32.3 Å². The van der Waals surface area contributed by atoms with Gasteiger partial charge in [-0.15, -0.1) is 0 Å². The summed E-state index contributed by atoms with van der Waals surface area (Å²) in [7, 11) is -3.47. The van der Waals surface area contributed by atoms with Crippen LogP contribution in [-0.4, -0.2) is 56.0 Å². The van der Waals surface area contributed by atoms with Crippen LogP contribution in [0.15, 0.2) is 29.2 Å². The lowest BCUT2D eigenvalue weighted by atomic mass is 9.91. The summed E-state index contributed by atoms with van der Waals surface area (Å²) in [5, 5.41) is 0. The number of aryl methyl sites for hydroxylation is 1. The van der Waals surface area contributed by atoms with Crippen LogP contribution in [0.4, 0.5) is 4.79 Å². The molecule has 0 radical (unpaired) electrons. The van der Waals surface area contributed by atoms with Gasteiger partial charge in [-0.2, -0.15) is 4.31 Å². The maximum atomic E-state index is 12.8. The highest BCUT2D eigenvalue weighted by atomic mass is 32.2. The lowest BCUT2D eigenvalue weighted by Crippen LogP contribution is -2.55. The Morgan fingerprint density at radius 3 is 2.32 bits per heavy atom. The molecule has 0 aliphatic carbocycles. The van der Waals surface area contributed by atoms with Crippen molar-refractivity contribution in [1.82, 2.24) is 9.21 Å². The largest absolute Gasteiger partial charge is 0.449 e. The Balaban J connectivity index is 1.67. The summed E-state index contributed by atoms with van der Waals surface area (Å²) < 4.78 is 32.4. The molecular weight excluding hydrogens is 340 g/mol. The zero-order chi connectivity index (χ0) is 18.2. The van der Waals surface area contributed by atoms with Crippen LogP contribution in [0.2, 0.25) is 0 Å². The number of hydrogen-bond acceptors (Lipinski definition) is 4. The fourth-order valence-electron chi connectivity index (χ4n) is 3.44. The van der Waals surface area contributed by atoms with Crippen LogP contribution in [0, 0.1) is 12.3 Å². The maximum absolute atomic E-state index is 12.8. The van der Waals surface area contributed by atoms with E-state index in [-0.39, 0.29) is 17.6 Å². The number of sulfonamides is 1. The number of carbonyl (C=O) groups is 1. The van der Waals surface area contributed by atoms with Crippen molar-refractivity contribution >= 4 is 16.1 Å². The van der Waals surface area contributed by atoms with Crippen LogP contribution in [0.25, 0.3) is 0 Å². The van der Waals surface area contributed by atoms with Crippen LogP contribution < -0.4 is 0 Å². The zero-order valence-corrected chi connectivity index (χ0v) is 15.9. The molecule has 6 nitrogen and oxygen atoms in total. The first-order valence-corrected chi connectivity index (χ1v) is 10.1. The van der Waals surface area contributed by atoms with E-state index in [1.165, 1.54) is 4.31 Å². The molecule has 0 saturated carbocycles. The molecule has 2 fully saturated rings. The molecule has 0 spiro atoms. The Morgan fingerprint density at radius 2 is 1.72 bits per heavy atom. The van der Waals surface area contributed by atoms with Crippen molar-refractivity contribution in [3.63, 3.8) is 0 Å². The Hall–Kier alpha value is -1.60. The normalized spacial score (nSPS) is 22.7. The third-order valence-electron chi connectivity index (χ3n) is 4.94. The molecule has 0 unspecified atom stereocenters. The van der Waals surface area contributed by atoms with Gasteiger partial charge in [0.2, 0.25) is 10.0 Å². The van der Waals surface area contributed by atoms with Crippen LogP contribution >= 0.6 is 0 Å². The van der Waals surface area contributed by atoms with Gasteiger partial charge >= 0.3 is 6.09 Å². The standard InChI is InChI=1S/C18H26N2O4S/c1-14-4-6-16(7-5-14)25(22,23)19-10-8-15(9-11-19)20-12-18(2,3)13-24-17(20)21/h4-7,15H,8-13H2,1-3H3. The Labute approximate surface area is 149 Å². The molecule has 2 aliphatic heterocycles. The summed E-state index contributed by atoms with van der Waals surface area (Å²) in [4.78, 5) is 14.2. The van der Waals surface area contributed by atoms with Gasteiger partial charge in [0.15, 0.2) is 0 Å². The predicted octanol–water partition coefficient (Wildman–Crippen LogP) is 2.63. The summed E-state index contributed by atoms with van der Waals surface area (Å²) in [6.07, 6.45) is 0.992. The smallest absolute Gasteiger partial charge is 0.410 e. The van der Waals surface area contributed by atoms with E-state index in [4.69, 9.17) is 4.74 Å². The van der Waals surface area contributed by atoms with E-state index in [1.807, 2.05) is 19.1 Å². The van der Waals surface area contributed by atoms with E-state index < -0.39 is 10.0 Å². The number of ether oxygens (including phenoxy) is 1. The lowest BCUT2D eigenvalue weighted by Gasteiger charge is -2.43. The van der Waals surface area contributed by atoms with Gasteiger partial charge in [-0.05, 0) is 31.9 Å². The molecule has 0 atom stereocenters. The monoisotopic (exact) mass is 366 g/mol. The molecule has 3 rings (SSSR count). The average Bonchev–Trinajstić information content (AvgIpc) is 2.58. The number of cyclic esters (lactones) is 1. The molecule has 0 aromatic heterocycles. The maximum Gasteiger partial charge on any atom is 0.410 e. The second-order valence-corrected chi connectivity index (χ2v) is 9.73. The number of amides is 1. The van der Waals surface area contributed by atoms with Crippen molar-refractivity contribution < 1.29 is 17.9 Å². The number of benzene rings is 1. The van der Waals surface area contributed by atoms with Crippen molar-refractivity contribution in [3.8, 4) is 0 Å². The SMILES string of the molecule is Cc1ccc(S(=O)(=O)N2CCC(N3CC(C)(C)COC3=O)CC2)cc1. The van der Waals surface area contributed by atoms with Crippen molar-refractivity contribution in [3.05, 3.63) is 29.8 Å². The first-order valence-electron chi connectivity index (χ1n) is 8.69. The van der Waals surface area contributed by atoms with Crippen molar-refractivity contribution in [2.75, 3.05) is 26.2 Å². The van der Waals surface area contributed by atoms with Gasteiger partial charge in [0, 0.05) is 31.1 Å². The lowest BCUT2D eigenvalue weighted by molar-refractivity contribution is -0.0129. The summed E-state index contributed by atoms with van der Waals surface area (Å²) in [6.45, 7) is 8.01. The highest BCUT2D eigenvalue weighted by Gasteiger charge is 2.39. The Morgan fingerprint density at radius 1 is 1.12 bits per heavy atom. The molecule has 7 heteroatoms. The molecule has 25 heavy (non-hydrogen) atoms. The minimum Gasteiger partial charge on any atom is -0.449 e. The number of piperidine rings is 1. The first-order chi connectivity index (χ1) is 11.7. The fourth-order valence-corrected chi connectivity index (χ4v) is 4.91. The number of carbonyl (C=O) groups excluding carboxylic acids is 1. The van der Waals surface area contributed by atoms with E-state index >= 15 is 0 Å². The van der Waals surface area contributed by atoms with Crippen LogP contribution in [0.5, 0.6) is 0 Å². The van der Waals surface area contributed by atoms with Crippen molar-refractivity contribution in [1.29, 1.82) is 0 Å². The number of nitrogens with zero attached hydrogens (tertiary/aromatic N) is 2. The summed E-state index contributed by atoms with van der Waals surface area (Å²) in [6, 6.07) is 6.97. The molecule has 1 amide bonds. The van der Waals surface area contributed by atoms with E-state index in [9.17, 15) is 13.2 Å². The molecule has 2 aliphatic rings. The summed E-state index contributed by atoms with van der Waals surface area (Å²) >= 11 is 0. The van der Waals surface area contributed by atoms with Gasteiger partial charge in [-0.1, -0.05) is 31.5 Å². The molecule has 1 aromatic rings. The molecule has 0 N–H and O–H groups in total. The van der Waals surface area contributed by atoms with Crippen LogP contribution in [0.3, 0.4) is 0 Å². The molecule has 2 saturated heterocycles. The van der Waals surface area contributed by atoms with E-state index in [0.717, 1.165) is 5.56 Å². The third-order valence-corrected chi connectivity index (χ3v) is 6.86. The van der Waals surface area contributed by atoms with Crippen molar-refractivity contribution in [2.24, 2.45) is 5.41 Å². The van der Waals surface area contributed by atoms with Crippen molar-refractivity contribution in [2.45, 2.75) is 44.6 Å². The van der Waals surface area contributed by atoms with Gasteiger partial charge < -0.3 is 9.64 Å². The second-order valence-electron chi connectivity index (χ2n) is 7.80. The van der Waals surface area contributed by atoms with E-state index in [2.05, 4.69) is 13.8 Å². The first kappa shape index (κ1) is 18.2. The van der Waals surface area contributed by atoms with Gasteiger partial charge in [-0.25, -0.2) is 13.2 Å². The molecule has 1 aromatic carbocycles. The van der Waals surface area contributed by atoms with E-state index in [0.29, 0.717) is 44.0 Å². The Bertz CT molecular complexity index is 735. The molecule has 0 bridgehead atoms. The van der Waals surface area contributed by atoms with Gasteiger partial charge in [0.1, 0.15) is 0 Å². The quantitative estimate of drug-likeness (QED) is 0.825. The predicted molar refractivity (Wildman–Crippen MR) is 94.8 cm³/mol. The molecule has 138 valence electrons. The van der Waals surface area contributed by atoms with Gasteiger partial charge in [0.05, 0.1) is 11.5 Å². The fraction of sp³-hybridized carbons (Fsp3) is 0.611. The molecule has 2 heterocycles. The number of rotatable bonds is 3. The highest BCUT2D eigenvalue weighted by molar-refractivity contribution is 7.89. The topological polar surface area (TPSA) is 66.9 Å². The highest BCUT2D eigenvalue weighted by Crippen LogP contribution is 2.29. The van der Waals surface area contributed by atoms with E-state index in [1.54, 1.807) is 17.0 Å². The average molecular weight is 366 g/mol. The van der Waals surface area contributed by atoms with Crippen LogP contribution in [-0.2, 0) is 14.8 Å². The Kier molecular flexibility index (Phi) is 4.81. The summed E-state index contributed by atoms with van der Waals surface area (Å²) in [5.74, 6) is 0. The third kappa shape index (κ3) is 3.82. The molecular formula is C18H26N2O4S. The minimum atomic E-state index is -3.47. The zero-order valence-electron chi connectivity index (χ0n) is 15.1. The number of hydrogen-bond donors (Lipinski definition) is 0.